The van der Waals surface area contributed by atoms with E-state index in [1.165, 1.54) is 5.56 Å². The summed E-state index contributed by atoms with van der Waals surface area (Å²) in [5, 5.41) is 2.95. The van der Waals surface area contributed by atoms with Crippen LogP contribution in [-0.4, -0.2) is 5.91 Å². The zero-order chi connectivity index (χ0) is 12.0. The molecular formula is C14H13NO2. The molecule has 0 spiro atoms. The quantitative estimate of drug-likeness (QED) is 0.740. The molecule has 1 unspecified atom stereocenters. The summed E-state index contributed by atoms with van der Waals surface area (Å²) in [7, 11) is 0. The van der Waals surface area contributed by atoms with Gasteiger partial charge in [0.25, 0.3) is 5.91 Å². The minimum Gasteiger partial charge on any atom is -0.488 e. The normalized spacial score (nSPS) is 20.9. The molecule has 2 heterocycles. The summed E-state index contributed by atoms with van der Waals surface area (Å²) in [6.45, 7) is 4.05. The third-order valence-electron chi connectivity index (χ3n) is 3.40. The molecule has 0 aliphatic carbocycles. The third-order valence-corrected chi connectivity index (χ3v) is 3.40. The first-order valence-electron chi connectivity index (χ1n) is 5.62. The van der Waals surface area contributed by atoms with Gasteiger partial charge in [0, 0.05) is 5.56 Å². The monoisotopic (exact) mass is 227 g/mol. The largest absolute Gasteiger partial charge is 0.488 e. The van der Waals surface area contributed by atoms with E-state index in [1.54, 1.807) is 12.3 Å². The maximum absolute atomic E-state index is 12.0. The molecule has 1 aromatic rings. The second-order valence-electron chi connectivity index (χ2n) is 4.39. The number of aryl methyl sites for hydroxylation is 1. The van der Waals surface area contributed by atoms with Crippen LogP contribution in [0.4, 0.5) is 5.69 Å². The standard InChI is InChI=1S/C14H13NO2/c1-8-5-6-10-12(9(8)2)15-14(16)11-4-3-7-17-13(10)11/h3-7,13H,1-2H3,(H,15,16). The Morgan fingerprint density at radius 1 is 1.29 bits per heavy atom. The van der Waals surface area contributed by atoms with E-state index in [2.05, 4.69) is 11.4 Å². The number of nitrogens with one attached hydrogen (secondary N) is 1. The molecule has 86 valence electrons. The smallest absolute Gasteiger partial charge is 0.255 e. The minimum absolute atomic E-state index is 0.0689. The van der Waals surface area contributed by atoms with E-state index < -0.39 is 0 Å². The molecule has 1 atom stereocenters. The Balaban J connectivity index is 2.21. The number of ether oxygens (including phenoxy) is 1. The van der Waals surface area contributed by atoms with E-state index in [9.17, 15) is 4.79 Å². The van der Waals surface area contributed by atoms with Gasteiger partial charge in [0.2, 0.25) is 0 Å². The van der Waals surface area contributed by atoms with Gasteiger partial charge in [-0.3, -0.25) is 4.79 Å². The molecule has 17 heavy (non-hydrogen) atoms. The molecule has 0 bridgehead atoms. The molecule has 3 nitrogen and oxygen atoms in total. The number of anilines is 1. The van der Waals surface area contributed by atoms with E-state index in [-0.39, 0.29) is 12.0 Å². The Hall–Kier alpha value is -2.03. The van der Waals surface area contributed by atoms with Crippen LogP contribution in [0, 0.1) is 13.8 Å². The average Bonchev–Trinajstić information content (AvgIpc) is 2.35. The van der Waals surface area contributed by atoms with Gasteiger partial charge in [0.1, 0.15) is 0 Å². The molecular weight excluding hydrogens is 214 g/mol. The van der Waals surface area contributed by atoms with Gasteiger partial charge in [-0.25, -0.2) is 0 Å². The summed E-state index contributed by atoms with van der Waals surface area (Å²) in [4.78, 5) is 12.0. The second kappa shape index (κ2) is 3.48. The van der Waals surface area contributed by atoms with Crippen LogP contribution in [-0.2, 0) is 9.53 Å². The number of hydrogen-bond acceptors (Lipinski definition) is 2. The van der Waals surface area contributed by atoms with Crippen molar-refractivity contribution in [1.82, 2.24) is 0 Å². The lowest BCUT2D eigenvalue weighted by atomic mass is 9.90. The van der Waals surface area contributed by atoms with Gasteiger partial charge in [0.15, 0.2) is 6.10 Å². The highest BCUT2D eigenvalue weighted by Crippen LogP contribution is 2.40. The van der Waals surface area contributed by atoms with E-state index in [0.29, 0.717) is 5.57 Å². The summed E-state index contributed by atoms with van der Waals surface area (Å²) in [6.07, 6.45) is 4.92. The molecule has 2 aliphatic heterocycles. The molecule has 2 aliphatic rings. The fourth-order valence-electron chi connectivity index (χ4n) is 2.27. The zero-order valence-electron chi connectivity index (χ0n) is 9.78. The van der Waals surface area contributed by atoms with E-state index in [4.69, 9.17) is 4.74 Å². The number of allylic oxidation sites excluding steroid dienone is 2. The minimum atomic E-state index is -0.261. The highest BCUT2D eigenvalue weighted by molar-refractivity contribution is 6.08. The topological polar surface area (TPSA) is 38.3 Å². The summed E-state index contributed by atoms with van der Waals surface area (Å²) in [5.41, 5.74) is 4.87. The van der Waals surface area contributed by atoms with Crippen molar-refractivity contribution in [2.75, 3.05) is 5.32 Å². The van der Waals surface area contributed by atoms with Crippen molar-refractivity contribution in [1.29, 1.82) is 0 Å². The molecule has 1 N–H and O–H groups in total. The Morgan fingerprint density at radius 2 is 2.12 bits per heavy atom. The number of carbonyl (C=O) groups excluding carboxylic acids is 1. The van der Waals surface area contributed by atoms with E-state index in [1.807, 2.05) is 26.0 Å². The first-order valence-corrected chi connectivity index (χ1v) is 5.62. The Morgan fingerprint density at radius 3 is 2.94 bits per heavy atom. The van der Waals surface area contributed by atoms with Crippen molar-refractivity contribution < 1.29 is 9.53 Å². The first-order chi connectivity index (χ1) is 8.18. The number of fused-ring (bicyclic) bond motifs is 3. The van der Waals surface area contributed by atoms with Crippen molar-refractivity contribution in [3.63, 3.8) is 0 Å². The molecule has 0 saturated carbocycles. The van der Waals surface area contributed by atoms with Gasteiger partial charge < -0.3 is 10.1 Å². The van der Waals surface area contributed by atoms with Crippen LogP contribution in [0.5, 0.6) is 0 Å². The van der Waals surface area contributed by atoms with Crippen LogP contribution >= 0.6 is 0 Å². The van der Waals surface area contributed by atoms with Crippen molar-refractivity contribution in [3.8, 4) is 0 Å². The van der Waals surface area contributed by atoms with Crippen molar-refractivity contribution >= 4 is 11.6 Å². The van der Waals surface area contributed by atoms with Crippen molar-refractivity contribution in [2.24, 2.45) is 0 Å². The first kappa shape index (κ1) is 10.1. The van der Waals surface area contributed by atoms with E-state index in [0.717, 1.165) is 16.8 Å². The number of hydrogen-bond donors (Lipinski definition) is 1. The molecule has 1 aromatic carbocycles. The van der Waals surface area contributed by atoms with Crippen molar-refractivity contribution in [3.05, 3.63) is 52.8 Å². The number of rotatable bonds is 0. The molecule has 3 heteroatoms. The molecule has 1 amide bonds. The lowest BCUT2D eigenvalue weighted by Crippen LogP contribution is -2.28. The summed E-state index contributed by atoms with van der Waals surface area (Å²) < 4.78 is 5.56. The predicted molar refractivity (Wildman–Crippen MR) is 65.6 cm³/mol. The maximum atomic E-state index is 12.0. The Labute approximate surface area is 99.8 Å². The molecule has 0 saturated heterocycles. The Bertz CT molecular complexity index is 570. The number of amides is 1. The highest BCUT2D eigenvalue weighted by Gasteiger charge is 2.33. The van der Waals surface area contributed by atoms with Crippen LogP contribution in [0.3, 0.4) is 0 Å². The average molecular weight is 227 g/mol. The maximum Gasteiger partial charge on any atom is 0.255 e. The molecule has 0 aromatic heterocycles. The van der Waals surface area contributed by atoms with Gasteiger partial charge in [-0.15, -0.1) is 0 Å². The molecule has 0 radical (unpaired) electrons. The van der Waals surface area contributed by atoms with Gasteiger partial charge in [0.05, 0.1) is 17.5 Å². The van der Waals surface area contributed by atoms with Crippen LogP contribution in [0.2, 0.25) is 0 Å². The zero-order valence-corrected chi connectivity index (χ0v) is 9.78. The highest BCUT2D eigenvalue weighted by atomic mass is 16.5. The lowest BCUT2D eigenvalue weighted by Gasteiger charge is -2.30. The Kier molecular flexibility index (Phi) is 2.08. The fraction of sp³-hybridized carbons (Fsp3) is 0.214. The van der Waals surface area contributed by atoms with Crippen LogP contribution in [0.15, 0.2) is 36.1 Å². The lowest BCUT2D eigenvalue weighted by molar-refractivity contribution is -0.114. The van der Waals surface area contributed by atoms with Crippen LogP contribution < -0.4 is 5.32 Å². The SMILES string of the molecule is Cc1ccc2c(c1C)NC(=O)C1=CC=COC12. The summed E-state index contributed by atoms with van der Waals surface area (Å²) in [5.74, 6) is -0.0689. The van der Waals surface area contributed by atoms with Gasteiger partial charge >= 0.3 is 0 Å². The second-order valence-corrected chi connectivity index (χ2v) is 4.39. The number of benzene rings is 1. The third kappa shape index (κ3) is 1.39. The van der Waals surface area contributed by atoms with E-state index >= 15 is 0 Å². The molecule has 3 rings (SSSR count). The van der Waals surface area contributed by atoms with Crippen LogP contribution in [0.1, 0.15) is 22.8 Å². The summed E-state index contributed by atoms with van der Waals surface area (Å²) in [6, 6.07) is 4.08. The molecule has 0 fully saturated rings. The fourth-order valence-corrected chi connectivity index (χ4v) is 2.27. The van der Waals surface area contributed by atoms with Gasteiger partial charge in [-0.1, -0.05) is 12.1 Å². The van der Waals surface area contributed by atoms with Gasteiger partial charge in [-0.2, -0.15) is 0 Å². The predicted octanol–water partition coefficient (Wildman–Crippen LogP) is 2.77. The van der Waals surface area contributed by atoms with Crippen molar-refractivity contribution in [2.45, 2.75) is 20.0 Å². The van der Waals surface area contributed by atoms with Gasteiger partial charge in [-0.05, 0) is 37.1 Å². The van der Waals surface area contributed by atoms with Crippen LogP contribution in [0.25, 0.3) is 0 Å². The summed E-state index contributed by atoms with van der Waals surface area (Å²) >= 11 is 0. The number of carbonyl (C=O) groups is 1.